The number of non-ortho nitro benzene ring substituents is 1. The Morgan fingerprint density at radius 2 is 1.90 bits per heavy atom. The number of rotatable bonds is 5. The molecule has 120 valence electrons. The maximum absolute atomic E-state index is 10.7. The number of hydrogen-bond acceptors (Lipinski definition) is 5. The predicted octanol–water partition coefficient (Wildman–Crippen LogP) is 2.82. The summed E-state index contributed by atoms with van der Waals surface area (Å²) in [6, 6.07) is 3.73. The molecule has 1 rings (SSSR count). The molecule has 6 heteroatoms. The highest BCUT2D eigenvalue weighted by molar-refractivity contribution is 5.42. The van der Waals surface area contributed by atoms with Gasteiger partial charge in [0.15, 0.2) is 0 Å². The minimum atomic E-state index is -0.504. The third-order valence-corrected chi connectivity index (χ3v) is 3.04. The van der Waals surface area contributed by atoms with Gasteiger partial charge in [0.2, 0.25) is 0 Å². The van der Waals surface area contributed by atoms with Crippen LogP contribution < -0.4 is 5.32 Å². The van der Waals surface area contributed by atoms with Crippen LogP contribution in [0.1, 0.15) is 40.2 Å². The first-order valence-electron chi connectivity index (χ1n) is 7.06. The highest BCUT2D eigenvalue weighted by Crippen LogP contribution is 2.24. The number of nitro benzene ring substituents is 1. The molecule has 1 unspecified atom stereocenters. The van der Waals surface area contributed by atoms with Gasteiger partial charge in [-0.3, -0.25) is 10.1 Å². The van der Waals surface area contributed by atoms with E-state index in [0.717, 1.165) is 0 Å². The van der Waals surface area contributed by atoms with E-state index in [-0.39, 0.29) is 36.0 Å². The van der Waals surface area contributed by atoms with Crippen LogP contribution in [0.5, 0.6) is 5.75 Å². The molecule has 0 bridgehead atoms. The summed E-state index contributed by atoms with van der Waals surface area (Å²) in [5.41, 5.74) is 0.230. The first kappa shape index (κ1) is 19.3. The number of hydrogen-bond donors (Lipinski definition) is 3. The fraction of sp³-hybridized carbons (Fsp3) is 0.600. The van der Waals surface area contributed by atoms with E-state index < -0.39 is 4.92 Å². The number of nitro groups is 1. The number of nitrogens with zero attached hydrogens (tertiary/aromatic N) is 1. The van der Waals surface area contributed by atoms with E-state index in [1.165, 1.54) is 18.2 Å². The van der Waals surface area contributed by atoms with Crippen LogP contribution in [-0.2, 0) is 6.54 Å². The van der Waals surface area contributed by atoms with Gasteiger partial charge >= 0.3 is 0 Å². The Labute approximate surface area is 126 Å². The van der Waals surface area contributed by atoms with Gasteiger partial charge in [0.1, 0.15) is 5.75 Å². The molecule has 0 aliphatic carbocycles. The van der Waals surface area contributed by atoms with Crippen LogP contribution in [0.3, 0.4) is 0 Å². The lowest BCUT2D eigenvalue weighted by Gasteiger charge is -2.30. The van der Waals surface area contributed by atoms with Gasteiger partial charge in [-0.25, -0.2) is 0 Å². The lowest BCUT2D eigenvalue weighted by atomic mass is 9.87. The van der Waals surface area contributed by atoms with Crippen molar-refractivity contribution >= 4 is 5.69 Å². The van der Waals surface area contributed by atoms with Crippen LogP contribution in [0.4, 0.5) is 5.69 Å². The molecule has 0 heterocycles. The molecule has 0 spiro atoms. The number of aliphatic hydroxyl groups is 1. The fourth-order valence-electron chi connectivity index (χ4n) is 1.70. The molecule has 1 aromatic rings. The fourth-order valence-corrected chi connectivity index (χ4v) is 1.70. The van der Waals surface area contributed by atoms with E-state index in [1.807, 2.05) is 34.6 Å². The molecule has 3 N–H and O–H groups in total. The molecule has 0 aliphatic heterocycles. The van der Waals surface area contributed by atoms with Crippen molar-refractivity contribution in [3.63, 3.8) is 0 Å². The maximum atomic E-state index is 10.7. The number of phenols is 1. The number of aromatic hydroxyl groups is 1. The summed E-state index contributed by atoms with van der Waals surface area (Å²) in [6.07, 6.45) is 0. The van der Waals surface area contributed by atoms with Crippen LogP contribution in [0, 0.1) is 15.5 Å². The van der Waals surface area contributed by atoms with E-state index in [0.29, 0.717) is 5.56 Å². The molecule has 0 radical (unpaired) electrons. The Morgan fingerprint density at radius 1 is 1.33 bits per heavy atom. The number of nitrogens with one attached hydrogen (secondary N) is 1. The second-order valence-electron chi connectivity index (χ2n) is 5.55. The van der Waals surface area contributed by atoms with Gasteiger partial charge in [0.25, 0.3) is 5.69 Å². The average molecular weight is 298 g/mol. The van der Waals surface area contributed by atoms with E-state index in [4.69, 9.17) is 0 Å². The Bertz CT molecular complexity index is 455. The van der Waals surface area contributed by atoms with Crippen LogP contribution in [0.25, 0.3) is 0 Å². The monoisotopic (exact) mass is 298 g/mol. The molecule has 6 nitrogen and oxygen atoms in total. The van der Waals surface area contributed by atoms with Crippen molar-refractivity contribution in [3.05, 3.63) is 33.9 Å². The van der Waals surface area contributed by atoms with E-state index in [1.54, 1.807) is 0 Å². The lowest BCUT2D eigenvalue weighted by molar-refractivity contribution is -0.384. The largest absolute Gasteiger partial charge is 0.508 e. The molecule has 21 heavy (non-hydrogen) atoms. The van der Waals surface area contributed by atoms with Gasteiger partial charge in [-0.15, -0.1) is 0 Å². The third kappa shape index (κ3) is 6.10. The smallest absolute Gasteiger partial charge is 0.270 e. The topological polar surface area (TPSA) is 95.6 Å². The van der Waals surface area contributed by atoms with E-state index in [9.17, 15) is 20.3 Å². The van der Waals surface area contributed by atoms with Gasteiger partial charge in [0.05, 0.1) is 11.5 Å². The molecule has 0 saturated heterocycles. The Morgan fingerprint density at radius 3 is 2.33 bits per heavy atom. The standard InChI is InChI=1S/C13H20N2O4.C2H6/c1-13(2,3)12(8-16)14-7-9-6-10(15(18)19)4-5-11(9)17;1-2/h4-6,12,14,16-17H,7-8H2,1-3H3;1-2H3. The average Bonchev–Trinajstić information content (AvgIpc) is 2.41. The molecule has 0 saturated carbocycles. The van der Waals surface area contributed by atoms with Crippen molar-refractivity contribution in [2.24, 2.45) is 5.41 Å². The van der Waals surface area contributed by atoms with E-state index >= 15 is 0 Å². The Balaban J connectivity index is 0.00000191. The molecule has 1 aromatic carbocycles. The zero-order valence-corrected chi connectivity index (χ0v) is 13.4. The van der Waals surface area contributed by atoms with Gasteiger partial charge in [-0.05, 0) is 11.5 Å². The molecule has 1 atom stereocenters. The van der Waals surface area contributed by atoms with Crippen molar-refractivity contribution in [1.29, 1.82) is 0 Å². The van der Waals surface area contributed by atoms with Crippen molar-refractivity contribution in [1.82, 2.24) is 5.32 Å². The van der Waals surface area contributed by atoms with Gasteiger partial charge < -0.3 is 15.5 Å². The number of benzene rings is 1. The zero-order chi connectivity index (χ0) is 16.6. The van der Waals surface area contributed by atoms with Gasteiger partial charge in [0, 0.05) is 30.3 Å². The maximum Gasteiger partial charge on any atom is 0.270 e. The minimum absolute atomic E-state index is 0.00342. The lowest BCUT2D eigenvalue weighted by Crippen LogP contribution is -2.42. The highest BCUT2D eigenvalue weighted by Gasteiger charge is 2.23. The predicted molar refractivity (Wildman–Crippen MR) is 83.3 cm³/mol. The second-order valence-corrected chi connectivity index (χ2v) is 5.55. The number of aliphatic hydroxyl groups excluding tert-OH is 1. The summed E-state index contributed by atoms with van der Waals surface area (Å²) in [6.45, 7) is 10.2. The quantitative estimate of drug-likeness (QED) is 0.574. The van der Waals surface area contributed by atoms with Gasteiger partial charge in [-0.2, -0.15) is 0 Å². The molecule has 0 aliphatic rings. The normalized spacial score (nSPS) is 12.3. The van der Waals surface area contributed by atoms with Crippen LogP contribution in [0.15, 0.2) is 18.2 Å². The zero-order valence-electron chi connectivity index (χ0n) is 13.4. The van der Waals surface area contributed by atoms with Crippen LogP contribution in [-0.4, -0.2) is 27.8 Å². The Kier molecular flexibility index (Phi) is 7.91. The summed E-state index contributed by atoms with van der Waals surface area (Å²) >= 11 is 0. The summed E-state index contributed by atoms with van der Waals surface area (Å²) in [4.78, 5) is 10.2. The number of phenolic OH excluding ortho intramolecular Hbond substituents is 1. The Hall–Kier alpha value is -1.66. The van der Waals surface area contributed by atoms with Crippen molar-refractivity contribution in [3.8, 4) is 5.75 Å². The van der Waals surface area contributed by atoms with Crippen molar-refractivity contribution in [2.75, 3.05) is 6.61 Å². The minimum Gasteiger partial charge on any atom is -0.508 e. The summed E-state index contributed by atoms with van der Waals surface area (Å²) in [7, 11) is 0. The summed E-state index contributed by atoms with van der Waals surface area (Å²) in [5, 5.41) is 32.8. The van der Waals surface area contributed by atoms with Crippen LogP contribution >= 0.6 is 0 Å². The van der Waals surface area contributed by atoms with Crippen molar-refractivity contribution < 1.29 is 15.1 Å². The second kappa shape index (κ2) is 8.59. The highest BCUT2D eigenvalue weighted by atomic mass is 16.6. The first-order valence-corrected chi connectivity index (χ1v) is 7.06. The molecule has 0 amide bonds. The SMILES string of the molecule is CC.CC(C)(C)C(CO)NCc1cc([N+](=O)[O-])ccc1O. The molecule has 0 aromatic heterocycles. The van der Waals surface area contributed by atoms with E-state index in [2.05, 4.69) is 5.32 Å². The molecule has 0 fully saturated rings. The van der Waals surface area contributed by atoms with Crippen LogP contribution in [0.2, 0.25) is 0 Å². The molecular weight excluding hydrogens is 272 g/mol. The first-order chi connectivity index (χ1) is 9.75. The van der Waals surface area contributed by atoms with Crippen molar-refractivity contribution in [2.45, 2.75) is 47.2 Å². The molecular formula is C15H26N2O4. The summed E-state index contributed by atoms with van der Waals surface area (Å²) in [5.74, 6) is 0.00342. The third-order valence-electron chi connectivity index (χ3n) is 3.04. The summed E-state index contributed by atoms with van der Waals surface area (Å²) < 4.78 is 0. The van der Waals surface area contributed by atoms with Gasteiger partial charge in [-0.1, -0.05) is 34.6 Å².